The minimum absolute atomic E-state index is 0.186. The Kier molecular flexibility index (Phi) is 3.58. The van der Waals surface area contributed by atoms with Crippen molar-refractivity contribution in [3.63, 3.8) is 0 Å². The van der Waals surface area contributed by atoms with Crippen LogP contribution in [0.4, 0.5) is 4.39 Å². The fourth-order valence-electron chi connectivity index (χ4n) is 3.47. The molecule has 1 aliphatic rings. The lowest BCUT2D eigenvalue weighted by molar-refractivity contribution is 0.157. The molecular formula is C18H19FO2. The average Bonchev–Trinajstić information content (AvgIpc) is 2.50. The molecule has 0 aromatic heterocycles. The van der Waals surface area contributed by atoms with Crippen LogP contribution in [0.15, 0.2) is 48.5 Å². The Morgan fingerprint density at radius 1 is 0.810 bits per heavy atom. The molecule has 3 rings (SSSR count). The molecule has 21 heavy (non-hydrogen) atoms. The number of hydrogen-bond donors (Lipinski definition) is 2. The van der Waals surface area contributed by atoms with Gasteiger partial charge in [0.05, 0.1) is 5.41 Å². The molecule has 2 N–H and O–H groups in total. The fraction of sp³-hybridized carbons (Fsp3) is 0.333. The maximum atomic E-state index is 15.0. The van der Waals surface area contributed by atoms with E-state index in [1.807, 2.05) is 0 Å². The first-order valence-electron chi connectivity index (χ1n) is 7.36. The van der Waals surface area contributed by atoms with Crippen LogP contribution in [0.25, 0.3) is 0 Å². The normalized spacial score (nSPS) is 21.1. The Bertz CT molecular complexity index is 559. The second kappa shape index (κ2) is 5.40. The van der Waals surface area contributed by atoms with E-state index in [0.29, 0.717) is 6.42 Å². The number of halogens is 1. The molecular weight excluding hydrogens is 267 g/mol. The minimum atomic E-state index is -0.958. The summed E-state index contributed by atoms with van der Waals surface area (Å²) in [6, 6.07) is 13.7. The zero-order valence-corrected chi connectivity index (χ0v) is 11.8. The van der Waals surface area contributed by atoms with Gasteiger partial charge in [0.1, 0.15) is 17.7 Å². The second-order valence-corrected chi connectivity index (χ2v) is 5.78. The van der Waals surface area contributed by atoms with Crippen molar-refractivity contribution in [3.05, 3.63) is 59.7 Å². The van der Waals surface area contributed by atoms with Gasteiger partial charge in [-0.15, -0.1) is 0 Å². The zero-order valence-electron chi connectivity index (χ0n) is 11.8. The number of rotatable bonds is 2. The van der Waals surface area contributed by atoms with E-state index in [1.54, 1.807) is 48.5 Å². The smallest absolute Gasteiger partial charge is 0.115 e. The van der Waals surface area contributed by atoms with Gasteiger partial charge in [-0.3, -0.25) is 0 Å². The van der Waals surface area contributed by atoms with Crippen LogP contribution in [0, 0.1) is 0 Å². The van der Waals surface area contributed by atoms with Crippen molar-refractivity contribution < 1.29 is 14.6 Å². The third-order valence-corrected chi connectivity index (χ3v) is 4.58. The number of alkyl halides is 1. The van der Waals surface area contributed by atoms with Crippen LogP contribution in [-0.2, 0) is 5.41 Å². The van der Waals surface area contributed by atoms with E-state index >= 15 is 0 Å². The van der Waals surface area contributed by atoms with Crippen LogP contribution in [0.3, 0.4) is 0 Å². The quantitative estimate of drug-likeness (QED) is 0.864. The van der Waals surface area contributed by atoms with Crippen LogP contribution in [0.2, 0.25) is 0 Å². The Morgan fingerprint density at radius 2 is 1.29 bits per heavy atom. The van der Waals surface area contributed by atoms with Gasteiger partial charge in [-0.25, -0.2) is 4.39 Å². The molecule has 0 radical (unpaired) electrons. The highest BCUT2D eigenvalue weighted by molar-refractivity contribution is 5.44. The first-order chi connectivity index (χ1) is 10.1. The van der Waals surface area contributed by atoms with Gasteiger partial charge in [0, 0.05) is 0 Å². The predicted octanol–water partition coefficient (Wildman–Crippen LogP) is 4.30. The van der Waals surface area contributed by atoms with Crippen LogP contribution >= 0.6 is 0 Å². The molecule has 0 spiro atoms. The van der Waals surface area contributed by atoms with Gasteiger partial charge in [-0.2, -0.15) is 0 Å². The maximum absolute atomic E-state index is 15.0. The van der Waals surface area contributed by atoms with Crippen LogP contribution in [0.1, 0.15) is 36.8 Å². The molecule has 0 amide bonds. The maximum Gasteiger partial charge on any atom is 0.115 e. The van der Waals surface area contributed by atoms with Crippen molar-refractivity contribution >= 4 is 0 Å². The first kappa shape index (κ1) is 13.9. The molecule has 2 aromatic carbocycles. The van der Waals surface area contributed by atoms with E-state index < -0.39 is 11.6 Å². The van der Waals surface area contributed by atoms with E-state index in [-0.39, 0.29) is 11.5 Å². The fourth-order valence-corrected chi connectivity index (χ4v) is 3.47. The highest BCUT2D eigenvalue weighted by atomic mass is 19.1. The number of phenols is 2. The standard InChI is InChI=1S/C18H19FO2/c19-17-3-1-2-12-18(17,13-4-8-15(20)9-5-13)14-6-10-16(21)11-7-14/h4-11,17,20-21H,1-3,12H2. The van der Waals surface area contributed by atoms with Crippen molar-refractivity contribution in [1.29, 1.82) is 0 Å². The summed E-state index contributed by atoms with van der Waals surface area (Å²) < 4.78 is 15.0. The van der Waals surface area contributed by atoms with Crippen molar-refractivity contribution in [1.82, 2.24) is 0 Å². The minimum Gasteiger partial charge on any atom is -0.508 e. The summed E-state index contributed by atoms with van der Waals surface area (Å²) in [5.41, 5.74) is 1.09. The van der Waals surface area contributed by atoms with Gasteiger partial charge >= 0.3 is 0 Å². The molecule has 1 atom stereocenters. The van der Waals surface area contributed by atoms with Crippen LogP contribution in [0.5, 0.6) is 11.5 Å². The third-order valence-electron chi connectivity index (χ3n) is 4.58. The third kappa shape index (κ3) is 2.37. The molecule has 2 nitrogen and oxygen atoms in total. The Morgan fingerprint density at radius 3 is 1.71 bits per heavy atom. The van der Waals surface area contributed by atoms with E-state index in [2.05, 4.69) is 0 Å². The van der Waals surface area contributed by atoms with Crippen molar-refractivity contribution in [2.75, 3.05) is 0 Å². The Balaban J connectivity index is 2.14. The van der Waals surface area contributed by atoms with Crippen LogP contribution in [-0.4, -0.2) is 16.4 Å². The van der Waals surface area contributed by atoms with Gasteiger partial charge < -0.3 is 10.2 Å². The van der Waals surface area contributed by atoms with Gasteiger partial charge in [0.25, 0.3) is 0 Å². The van der Waals surface area contributed by atoms with E-state index in [4.69, 9.17) is 0 Å². The molecule has 1 saturated carbocycles. The monoisotopic (exact) mass is 286 g/mol. The van der Waals surface area contributed by atoms with Crippen LogP contribution < -0.4 is 0 Å². The summed E-state index contributed by atoms with van der Waals surface area (Å²) in [6.45, 7) is 0. The van der Waals surface area contributed by atoms with Gasteiger partial charge in [0.15, 0.2) is 0 Å². The summed E-state index contributed by atoms with van der Waals surface area (Å²) in [5.74, 6) is 0.372. The summed E-state index contributed by atoms with van der Waals surface area (Å²) >= 11 is 0. The first-order valence-corrected chi connectivity index (χ1v) is 7.36. The topological polar surface area (TPSA) is 40.5 Å². The lowest BCUT2D eigenvalue weighted by Gasteiger charge is -2.41. The van der Waals surface area contributed by atoms with Gasteiger partial charge in [-0.1, -0.05) is 37.1 Å². The van der Waals surface area contributed by atoms with Crippen molar-refractivity contribution in [3.8, 4) is 11.5 Å². The van der Waals surface area contributed by atoms with Gasteiger partial charge in [0.2, 0.25) is 0 Å². The number of hydrogen-bond acceptors (Lipinski definition) is 2. The molecule has 110 valence electrons. The summed E-state index contributed by atoms with van der Waals surface area (Å²) in [7, 11) is 0. The molecule has 1 fully saturated rings. The van der Waals surface area contributed by atoms with E-state index in [1.165, 1.54) is 0 Å². The highest BCUT2D eigenvalue weighted by Gasteiger charge is 2.44. The lowest BCUT2D eigenvalue weighted by atomic mass is 9.64. The SMILES string of the molecule is Oc1ccc(C2(c3ccc(O)cc3)CCCCC2F)cc1. The zero-order chi connectivity index (χ0) is 14.9. The summed E-state index contributed by atoms with van der Waals surface area (Å²) in [4.78, 5) is 0. The largest absolute Gasteiger partial charge is 0.508 e. The molecule has 1 unspecified atom stereocenters. The van der Waals surface area contributed by atoms with Gasteiger partial charge in [-0.05, 0) is 48.2 Å². The Labute approximate surface area is 123 Å². The second-order valence-electron chi connectivity index (χ2n) is 5.78. The Hall–Kier alpha value is -2.03. The number of benzene rings is 2. The lowest BCUT2D eigenvalue weighted by Crippen LogP contribution is -2.40. The summed E-state index contributed by atoms with van der Waals surface area (Å²) in [6.07, 6.45) is 2.20. The summed E-state index contributed by atoms with van der Waals surface area (Å²) in [5, 5.41) is 19.0. The van der Waals surface area contributed by atoms with Crippen molar-refractivity contribution in [2.24, 2.45) is 0 Å². The average molecular weight is 286 g/mol. The highest BCUT2D eigenvalue weighted by Crippen LogP contribution is 2.47. The predicted molar refractivity (Wildman–Crippen MR) is 80.4 cm³/mol. The number of aromatic hydroxyl groups is 2. The number of phenolic OH excluding ortho intramolecular Hbond substituents is 2. The molecule has 2 aromatic rings. The molecule has 3 heteroatoms. The molecule has 0 aliphatic heterocycles. The molecule has 0 bridgehead atoms. The van der Waals surface area contributed by atoms with Crippen molar-refractivity contribution in [2.45, 2.75) is 37.3 Å². The molecule has 0 saturated heterocycles. The van der Waals surface area contributed by atoms with E-state index in [9.17, 15) is 14.6 Å². The molecule has 0 heterocycles. The molecule has 1 aliphatic carbocycles. The van der Waals surface area contributed by atoms with E-state index in [0.717, 1.165) is 30.4 Å².